The van der Waals surface area contributed by atoms with Gasteiger partial charge in [0.15, 0.2) is 0 Å². The summed E-state index contributed by atoms with van der Waals surface area (Å²) in [5.41, 5.74) is 9.04. The molecule has 0 aliphatic rings. The Morgan fingerprint density at radius 1 is 1.24 bits per heavy atom. The molecule has 1 heterocycles. The van der Waals surface area contributed by atoms with Crippen LogP contribution in [0.4, 0.5) is 4.39 Å². The van der Waals surface area contributed by atoms with Crippen LogP contribution >= 0.6 is 15.9 Å². The van der Waals surface area contributed by atoms with Gasteiger partial charge in [0.2, 0.25) is 0 Å². The Hall–Kier alpha value is -1.65. The van der Waals surface area contributed by atoms with E-state index in [1.165, 1.54) is 11.6 Å². The van der Waals surface area contributed by atoms with Gasteiger partial charge in [0.25, 0.3) is 0 Å². The zero-order valence-corrected chi connectivity index (χ0v) is 13.2. The molecule has 0 aliphatic heterocycles. The van der Waals surface area contributed by atoms with Crippen LogP contribution in [0.1, 0.15) is 22.9 Å². The van der Waals surface area contributed by atoms with Gasteiger partial charge in [-0.3, -0.25) is 0 Å². The lowest BCUT2D eigenvalue weighted by atomic mass is 10.0. The minimum absolute atomic E-state index is 0.278. The first-order valence-corrected chi connectivity index (χ1v) is 7.52. The third-order valence-corrected chi connectivity index (χ3v) is 4.42. The summed E-state index contributed by atoms with van der Waals surface area (Å²) < 4.78 is 19.8. The summed E-state index contributed by atoms with van der Waals surface area (Å²) in [4.78, 5) is 0. The maximum absolute atomic E-state index is 13.5. The van der Waals surface area contributed by atoms with Crippen molar-refractivity contribution in [2.45, 2.75) is 19.4 Å². The number of hydrogen-bond donors (Lipinski definition) is 1. The lowest BCUT2D eigenvalue weighted by molar-refractivity contribution is 0.492. The third kappa shape index (κ3) is 2.87. The van der Waals surface area contributed by atoms with Crippen LogP contribution in [0.15, 0.2) is 51.4 Å². The molecule has 0 aliphatic carbocycles. The van der Waals surface area contributed by atoms with Gasteiger partial charge in [-0.05, 0) is 59.1 Å². The van der Waals surface area contributed by atoms with Gasteiger partial charge in [0.1, 0.15) is 17.2 Å². The second-order valence-corrected chi connectivity index (χ2v) is 6.01. The van der Waals surface area contributed by atoms with Gasteiger partial charge in [-0.25, -0.2) is 4.39 Å². The average molecular weight is 348 g/mol. The zero-order valence-electron chi connectivity index (χ0n) is 11.6. The molecule has 0 amide bonds. The van der Waals surface area contributed by atoms with Crippen molar-refractivity contribution in [2.75, 3.05) is 0 Å². The Morgan fingerprint density at radius 3 is 2.86 bits per heavy atom. The largest absolute Gasteiger partial charge is 0.459 e. The van der Waals surface area contributed by atoms with E-state index in [1.807, 2.05) is 31.2 Å². The Kier molecular flexibility index (Phi) is 3.83. The molecule has 21 heavy (non-hydrogen) atoms. The van der Waals surface area contributed by atoms with Gasteiger partial charge in [0, 0.05) is 5.39 Å². The van der Waals surface area contributed by atoms with Crippen molar-refractivity contribution in [1.82, 2.24) is 0 Å². The average Bonchev–Trinajstić information content (AvgIpc) is 2.87. The summed E-state index contributed by atoms with van der Waals surface area (Å²) in [5, 5.41) is 1.04. The van der Waals surface area contributed by atoms with Gasteiger partial charge >= 0.3 is 0 Å². The predicted octanol–water partition coefficient (Wildman–Crippen LogP) is 4.89. The first kappa shape index (κ1) is 14.3. The summed E-state index contributed by atoms with van der Waals surface area (Å²) in [7, 11) is 0. The Labute approximate surface area is 130 Å². The first-order valence-electron chi connectivity index (χ1n) is 6.73. The third-order valence-electron chi connectivity index (χ3n) is 3.53. The van der Waals surface area contributed by atoms with Gasteiger partial charge < -0.3 is 10.2 Å². The van der Waals surface area contributed by atoms with E-state index < -0.39 is 0 Å². The highest BCUT2D eigenvalue weighted by Gasteiger charge is 2.15. The number of benzene rings is 2. The highest BCUT2D eigenvalue weighted by atomic mass is 79.9. The highest BCUT2D eigenvalue weighted by Crippen LogP contribution is 2.28. The van der Waals surface area contributed by atoms with Gasteiger partial charge in [-0.15, -0.1) is 0 Å². The minimum atomic E-state index is -0.309. The molecule has 1 aromatic heterocycles. The van der Waals surface area contributed by atoms with Crippen LogP contribution in [0.25, 0.3) is 11.0 Å². The van der Waals surface area contributed by atoms with E-state index in [1.54, 1.807) is 6.07 Å². The summed E-state index contributed by atoms with van der Waals surface area (Å²) in [6.45, 7) is 2.04. The van der Waals surface area contributed by atoms with Gasteiger partial charge in [0.05, 0.1) is 10.5 Å². The number of halogens is 2. The molecule has 0 saturated heterocycles. The van der Waals surface area contributed by atoms with E-state index in [0.717, 1.165) is 16.5 Å². The molecule has 2 nitrogen and oxygen atoms in total. The summed E-state index contributed by atoms with van der Waals surface area (Å²) in [6, 6.07) is 12.6. The van der Waals surface area contributed by atoms with E-state index in [-0.39, 0.29) is 11.9 Å². The second-order valence-electron chi connectivity index (χ2n) is 5.21. The molecule has 0 radical (unpaired) electrons. The Morgan fingerprint density at radius 2 is 2.05 bits per heavy atom. The van der Waals surface area contributed by atoms with Crippen molar-refractivity contribution in [3.63, 3.8) is 0 Å². The van der Waals surface area contributed by atoms with Crippen molar-refractivity contribution >= 4 is 26.9 Å². The topological polar surface area (TPSA) is 39.2 Å². The van der Waals surface area contributed by atoms with Crippen molar-refractivity contribution < 1.29 is 8.81 Å². The molecular formula is C17H15BrFNO. The summed E-state index contributed by atoms with van der Waals surface area (Å²) in [6.07, 6.45) is 0.511. The molecule has 108 valence electrons. The smallest absolute Gasteiger partial charge is 0.137 e. The Bertz CT molecular complexity index is 797. The standard InChI is InChI=1S/C17H15BrFNO/c1-10-5-6-15-12(7-10)9-16(21-15)14(20)8-11-3-2-4-13(19)17(11)18/h2-7,9,14H,8,20H2,1H3. The minimum Gasteiger partial charge on any atom is -0.459 e. The summed E-state index contributed by atoms with van der Waals surface area (Å²) in [5.74, 6) is 0.437. The number of fused-ring (bicyclic) bond motifs is 1. The molecule has 4 heteroatoms. The first-order chi connectivity index (χ1) is 10.0. The van der Waals surface area contributed by atoms with Crippen LogP contribution in [0.5, 0.6) is 0 Å². The van der Waals surface area contributed by atoms with E-state index in [0.29, 0.717) is 16.7 Å². The molecule has 3 rings (SSSR count). The molecule has 3 aromatic rings. The van der Waals surface area contributed by atoms with E-state index in [4.69, 9.17) is 10.2 Å². The van der Waals surface area contributed by atoms with Crippen LogP contribution in [-0.2, 0) is 6.42 Å². The lowest BCUT2D eigenvalue weighted by Crippen LogP contribution is -2.13. The Balaban J connectivity index is 1.89. The molecule has 0 saturated carbocycles. The van der Waals surface area contributed by atoms with Crippen LogP contribution in [-0.4, -0.2) is 0 Å². The van der Waals surface area contributed by atoms with Crippen LogP contribution < -0.4 is 5.73 Å². The fourth-order valence-corrected chi connectivity index (χ4v) is 2.84. The number of furan rings is 1. The normalized spacial score (nSPS) is 12.8. The van der Waals surface area contributed by atoms with Gasteiger partial charge in [-0.1, -0.05) is 23.8 Å². The van der Waals surface area contributed by atoms with Crippen molar-refractivity contribution in [1.29, 1.82) is 0 Å². The fourth-order valence-electron chi connectivity index (χ4n) is 2.41. The number of aryl methyl sites for hydroxylation is 1. The predicted molar refractivity (Wildman–Crippen MR) is 85.7 cm³/mol. The monoisotopic (exact) mass is 347 g/mol. The van der Waals surface area contributed by atoms with Crippen LogP contribution in [0.3, 0.4) is 0 Å². The maximum atomic E-state index is 13.5. The van der Waals surface area contributed by atoms with Gasteiger partial charge in [-0.2, -0.15) is 0 Å². The number of hydrogen-bond acceptors (Lipinski definition) is 2. The van der Waals surface area contributed by atoms with Crippen molar-refractivity contribution in [3.05, 3.63) is 69.6 Å². The van der Waals surface area contributed by atoms with E-state index in [9.17, 15) is 4.39 Å². The molecule has 0 spiro atoms. The van der Waals surface area contributed by atoms with Crippen molar-refractivity contribution in [2.24, 2.45) is 5.73 Å². The highest BCUT2D eigenvalue weighted by molar-refractivity contribution is 9.10. The molecule has 0 fully saturated rings. The maximum Gasteiger partial charge on any atom is 0.137 e. The molecule has 1 unspecified atom stereocenters. The number of nitrogens with two attached hydrogens (primary N) is 1. The SMILES string of the molecule is Cc1ccc2oc(C(N)Cc3cccc(F)c3Br)cc2c1. The van der Waals surface area contributed by atoms with Crippen LogP contribution in [0.2, 0.25) is 0 Å². The second kappa shape index (κ2) is 5.62. The van der Waals surface area contributed by atoms with E-state index >= 15 is 0 Å². The fraction of sp³-hybridized carbons (Fsp3) is 0.176. The number of rotatable bonds is 3. The molecule has 1 atom stereocenters. The lowest BCUT2D eigenvalue weighted by Gasteiger charge is -2.10. The van der Waals surface area contributed by atoms with E-state index in [2.05, 4.69) is 22.0 Å². The molecule has 2 N–H and O–H groups in total. The molecule has 2 aromatic carbocycles. The quantitative estimate of drug-likeness (QED) is 0.732. The summed E-state index contributed by atoms with van der Waals surface area (Å²) >= 11 is 3.26. The van der Waals surface area contributed by atoms with Crippen molar-refractivity contribution in [3.8, 4) is 0 Å². The molecule has 0 bridgehead atoms. The molecular weight excluding hydrogens is 333 g/mol. The van der Waals surface area contributed by atoms with Crippen LogP contribution in [0, 0.1) is 12.7 Å². The zero-order chi connectivity index (χ0) is 15.0.